The highest BCUT2D eigenvalue weighted by atomic mass is 19.4. The van der Waals surface area contributed by atoms with Gasteiger partial charge in [-0.3, -0.25) is 4.79 Å². The Morgan fingerprint density at radius 2 is 1.63 bits per heavy atom. The van der Waals surface area contributed by atoms with Crippen LogP contribution >= 0.6 is 0 Å². The molecule has 0 aliphatic heterocycles. The van der Waals surface area contributed by atoms with Gasteiger partial charge in [-0.2, -0.15) is 26.3 Å². The number of carbonyl (C=O) groups excluding carboxylic acids is 1. The Morgan fingerprint density at radius 1 is 1.16 bits per heavy atom. The Labute approximate surface area is 106 Å². The maximum Gasteiger partial charge on any atom is 0.434 e. The third kappa shape index (κ3) is 6.49. The molecule has 0 amide bonds. The van der Waals surface area contributed by atoms with E-state index in [9.17, 15) is 31.1 Å². The van der Waals surface area contributed by atoms with Crippen LogP contribution in [-0.4, -0.2) is 24.4 Å². The van der Waals surface area contributed by atoms with Gasteiger partial charge in [-0.25, -0.2) is 0 Å². The van der Waals surface area contributed by atoms with Gasteiger partial charge in [-0.1, -0.05) is 19.1 Å². The smallest absolute Gasteiger partial charge is 0.434 e. The SMILES string of the molecule is CC=CCCC(C)C(=O)OC(C(F)(F)F)C(F)(F)F. The van der Waals surface area contributed by atoms with Crippen LogP contribution in [0.2, 0.25) is 0 Å². The van der Waals surface area contributed by atoms with E-state index in [2.05, 4.69) is 4.74 Å². The van der Waals surface area contributed by atoms with Gasteiger partial charge in [0.15, 0.2) is 0 Å². The Balaban J connectivity index is 4.65. The van der Waals surface area contributed by atoms with Crippen molar-refractivity contribution in [3.63, 3.8) is 0 Å². The van der Waals surface area contributed by atoms with Crippen LogP contribution in [0.5, 0.6) is 0 Å². The molecule has 1 atom stereocenters. The normalized spacial score (nSPS) is 15.0. The quantitative estimate of drug-likeness (QED) is 0.434. The highest BCUT2D eigenvalue weighted by Gasteiger charge is 2.60. The molecule has 0 radical (unpaired) electrons. The summed E-state index contributed by atoms with van der Waals surface area (Å²) in [5.74, 6) is -2.55. The zero-order valence-corrected chi connectivity index (χ0v) is 10.3. The molecule has 0 bridgehead atoms. The summed E-state index contributed by atoms with van der Waals surface area (Å²) in [5.41, 5.74) is 0. The fourth-order valence-corrected chi connectivity index (χ4v) is 1.18. The average Bonchev–Trinajstić information content (AvgIpc) is 2.22. The van der Waals surface area contributed by atoms with Crippen molar-refractivity contribution in [2.75, 3.05) is 0 Å². The van der Waals surface area contributed by atoms with Crippen molar-refractivity contribution in [3.8, 4) is 0 Å². The van der Waals surface area contributed by atoms with Gasteiger partial charge in [0.05, 0.1) is 5.92 Å². The number of ether oxygens (including phenoxy) is 1. The molecule has 0 N–H and O–H groups in total. The first-order chi connectivity index (χ1) is 8.50. The molecule has 0 saturated heterocycles. The fraction of sp³-hybridized carbons (Fsp3) is 0.727. The Bertz CT molecular complexity index is 304. The van der Waals surface area contributed by atoms with Crippen LogP contribution in [0.15, 0.2) is 12.2 Å². The molecule has 8 heteroatoms. The first kappa shape index (κ1) is 17.8. The Morgan fingerprint density at radius 3 is 2.00 bits per heavy atom. The van der Waals surface area contributed by atoms with Crippen molar-refractivity contribution >= 4 is 5.97 Å². The van der Waals surface area contributed by atoms with Crippen molar-refractivity contribution in [2.24, 2.45) is 5.92 Å². The predicted octanol–water partition coefficient (Wildman–Crippen LogP) is 4.02. The van der Waals surface area contributed by atoms with Gasteiger partial charge >= 0.3 is 18.3 Å². The highest BCUT2D eigenvalue weighted by molar-refractivity contribution is 5.72. The Hall–Kier alpha value is -1.21. The summed E-state index contributed by atoms with van der Waals surface area (Å²) in [7, 11) is 0. The largest absolute Gasteiger partial charge is 0.443 e. The minimum atomic E-state index is -5.67. The van der Waals surface area contributed by atoms with E-state index < -0.39 is 30.3 Å². The number of carbonyl (C=O) groups is 1. The van der Waals surface area contributed by atoms with Gasteiger partial charge < -0.3 is 4.74 Å². The first-order valence-corrected chi connectivity index (χ1v) is 5.45. The second-order valence-corrected chi connectivity index (χ2v) is 3.95. The summed E-state index contributed by atoms with van der Waals surface area (Å²) in [6.45, 7) is 2.92. The maximum atomic E-state index is 12.1. The number of alkyl halides is 6. The molecule has 0 aromatic carbocycles. The van der Waals surface area contributed by atoms with Gasteiger partial charge in [0, 0.05) is 0 Å². The number of esters is 1. The predicted molar refractivity (Wildman–Crippen MR) is 55.2 cm³/mol. The van der Waals surface area contributed by atoms with Crippen molar-refractivity contribution in [1.29, 1.82) is 0 Å². The lowest BCUT2D eigenvalue weighted by atomic mass is 10.1. The summed E-state index contributed by atoms with van der Waals surface area (Å²) in [6, 6.07) is 0. The molecule has 0 heterocycles. The molecule has 0 aromatic heterocycles. The van der Waals surface area contributed by atoms with E-state index in [1.54, 1.807) is 19.1 Å². The van der Waals surface area contributed by atoms with E-state index in [-0.39, 0.29) is 6.42 Å². The molecule has 1 unspecified atom stereocenters. The lowest BCUT2D eigenvalue weighted by molar-refractivity contribution is -0.314. The molecule has 0 saturated carbocycles. The molecule has 0 fully saturated rings. The van der Waals surface area contributed by atoms with Crippen LogP contribution in [0.3, 0.4) is 0 Å². The average molecular weight is 292 g/mol. The zero-order valence-electron chi connectivity index (χ0n) is 10.3. The Kier molecular flexibility index (Phi) is 6.38. The summed E-state index contributed by atoms with van der Waals surface area (Å²) >= 11 is 0. The lowest BCUT2D eigenvalue weighted by Gasteiger charge is -2.24. The van der Waals surface area contributed by atoms with Crippen LogP contribution in [-0.2, 0) is 9.53 Å². The second kappa shape index (κ2) is 6.81. The summed E-state index contributed by atoms with van der Waals surface area (Å²) < 4.78 is 76.4. The summed E-state index contributed by atoms with van der Waals surface area (Å²) in [4.78, 5) is 11.2. The van der Waals surface area contributed by atoms with E-state index >= 15 is 0 Å². The zero-order chi connectivity index (χ0) is 15.3. The third-order valence-corrected chi connectivity index (χ3v) is 2.23. The molecular weight excluding hydrogens is 278 g/mol. The maximum absolute atomic E-state index is 12.1. The molecule has 0 aliphatic carbocycles. The van der Waals surface area contributed by atoms with E-state index in [4.69, 9.17) is 0 Å². The molecular formula is C11H14F6O2. The molecule has 2 nitrogen and oxygen atoms in total. The van der Waals surface area contributed by atoms with Gasteiger partial charge in [0.1, 0.15) is 0 Å². The van der Waals surface area contributed by atoms with Gasteiger partial charge in [0.2, 0.25) is 0 Å². The second-order valence-electron chi connectivity index (χ2n) is 3.95. The number of halogens is 6. The first-order valence-electron chi connectivity index (χ1n) is 5.45. The monoisotopic (exact) mass is 292 g/mol. The van der Waals surface area contributed by atoms with Crippen molar-refractivity contribution < 1.29 is 35.9 Å². The van der Waals surface area contributed by atoms with Crippen molar-refractivity contribution in [1.82, 2.24) is 0 Å². The van der Waals surface area contributed by atoms with Gasteiger partial charge in [0.25, 0.3) is 6.10 Å². The number of hydrogen-bond acceptors (Lipinski definition) is 2. The minimum Gasteiger partial charge on any atom is -0.443 e. The standard InChI is InChI=1S/C11H14F6O2/c1-3-4-5-6-7(2)8(18)19-9(10(12,13)14)11(15,16)17/h3-4,7,9H,5-6H2,1-2H3. The third-order valence-electron chi connectivity index (χ3n) is 2.23. The molecule has 0 aromatic rings. The van der Waals surface area contributed by atoms with Crippen LogP contribution in [0.25, 0.3) is 0 Å². The van der Waals surface area contributed by atoms with Crippen LogP contribution in [0, 0.1) is 5.92 Å². The van der Waals surface area contributed by atoms with E-state index in [1.807, 2.05) is 0 Å². The highest BCUT2D eigenvalue weighted by Crippen LogP contribution is 2.36. The van der Waals surface area contributed by atoms with Crippen LogP contribution in [0.4, 0.5) is 26.3 Å². The van der Waals surface area contributed by atoms with Gasteiger partial charge in [-0.15, -0.1) is 0 Å². The van der Waals surface area contributed by atoms with E-state index in [0.29, 0.717) is 6.42 Å². The molecule has 0 rings (SSSR count). The molecule has 112 valence electrons. The lowest BCUT2D eigenvalue weighted by Crippen LogP contribution is -2.46. The van der Waals surface area contributed by atoms with Crippen LogP contribution < -0.4 is 0 Å². The number of allylic oxidation sites excluding steroid dienone is 2. The summed E-state index contributed by atoms with van der Waals surface area (Å²) in [5, 5.41) is 0. The van der Waals surface area contributed by atoms with Crippen LogP contribution in [0.1, 0.15) is 26.7 Å². The van der Waals surface area contributed by atoms with Crippen molar-refractivity contribution in [2.45, 2.75) is 45.1 Å². The minimum absolute atomic E-state index is 0.117. The number of rotatable bonds is 5. The fourth-order valence-electron chi connectivity index (χ4n) is 1.18. The molecule has 0 spiro atoms. The topological polar surface area (TPSA) is 26.3 Å². The van der Waals surface area contributed by atoms with Gasteiger partial charge in [-0.05, 0) is 19.8 Å². The molecule has 0 aliphatic rings. The van der Waals surface area contributed by atoms with E-state index in [0.717, 1.165) is 0 Å². The summed E-state index contributed by atoms with van der Waals surface area (Å²) in [6.07, 6.45) is -11.6. The van der Waals surface area contributed by atoms with E-state index in [1.165, 1.54) is 6.92 Å². The number of hydrogen-bond donors (Lipinski definition) is 0. The molecule has 19 heavy (non-hydrogen) atoms. The van der Waals surface area contributed by atoms with Crippen molar-refractivity contribution in [3.05, 3.63) is 12.2 Å².